The van der Waals surface area contributed by atoms with E-state index in [1.54, 1.807) is 0 Å². The summed E-state index contributed by atoms with van der Waals surface area (Å²) in [6, 6.07) is 0. The number of hydrogen-bond donors (Lipinski definition) is 1. The van der Waals surface area contributed by atoms with Gasteiger partial charge in [-0.2, -0.15) is 4.98 Å². The van der Waals surface area contributed by atoms with Crippen LogP contribution in [0.1, 0.15) is 18.1 Å². The lowest BCUT2D eigenvalue weighted by Crippen LogP contribution is -2.08. The number of sulfone groups is 1. The highest BCUT2D eigenvalue weighted by Gasteiger charge is 2.11. The van der Waals surface area contributed by atoms with Gasteiger partial charge in [0.05, 0.1) is 0 Å². The van der Waals surface area contributed by atoms with Crippen LogP contribution in [0.25, 0.3) is 0 Å². The molecule has 7 heteroatoms. The van der Waals surface area contributed by atoms with Crippen LogP contribution < -0.4 is 5.32 Å². The molecule has 0 aromatic carbocycles. The van der Waals surface area contributed by atoms with Gasteiger partial charge < -0.3 is 9.84 Å². The summed E-state index contributed by atoms with van der Waals surface area (Å²) in [7, 11) is -1.22. The molecule has 0 fully saturated rings. The summed E-state index contributed by atoms with van der Waals surface area (Å²) in [6.07, 6.45) is 2.69. The van der Waals surface area contributed by atoms with E-state index in [1.165, 1.54) is 0 Å². The minimum absolute atomic E-state index is 0.164. The van der Waals surface area contributed by atoms with Gasteiger partial charge in [0.15, 0.2) is 15.7 Å². The van der Waals surface area contributed by atoms with Gasteiger partial charge in [-0.1, -0.05) is 5.16 Å². The van der Waals surface area contributed by atoms with Crippen molar-refractivity contribution in [2.24, 2.45) is 0 Å². The van der Waals surface area contributed by atoms with Crippen molar-refractivity contribution in [3.63, 3.8) is 0 Å². The Morgan fingerprint density at radius 2 is 2.20 bits per heavy atom. The Morgan fingerprint density at radius 3 is 2.80 bits per heavy atom. The molecule has 0 bridgehead atoms. The van der Waals surface area contributed by atoms with Crippen molar-refractivity contribution in [2.75, 3.05) is 19.8 Å². The zero-order valence-corrected chi connectivity index (χ0v) is 9.67. The Bertz CT molecular complexity index is 399. The molecule has 0 radical (unpaired) electrons. The molecule has 1 aromatic heterocycles. The smallest absolute Gasteiger partial charge is 0.226 e. The summed E-state index contributed by atoms with van der Waals surface area (Å²) >= 11 is 0. The normalized spacial score (nSPS) is 11.9. The molecule has 1 aromatic rings. The maximum Gasteiger partial charge on any atom is 0.226 e. The number of rotatable bonds is 6. The van der Waals surface area contributed by atoms with E-state index in [1.807, 2.05) is 7.05 Å². The third-order valence-corrected chi connectivity index (χ3v) is 2.50. The van der Waals surface area contributed by atoms with E-state index in [-0.39, 0.29) is 11.6 Å². The van der Waals surface area contributed by atoms with E-state index in [0.717, 1.165) is 19.2 Å². The Balaban J connectivity index is 2.49. The third kappa shape index (κ3) is 4.89. The van der Waals surface area contributed by atoms with Crippen LogP contribution in [-0.4, -0.2) is 38.4 Å². The number of aromatic nitrogens is 2. The molecule has 1 rings (SSSR count). The summed E-state index contributed by atoms with van der Waals surface area (Å²) in [5.41, 5.74) is 0. The van der Waals surface area contributed by atoms with Gasteiger partial charge in [-0.05, 0) is 20.0 Å². The Morgan fingerprint density at radius 1 is 1.47 bits per heavy atom. The molecule has 1 N–H and O–H groups in total. The van der Waals surface area contributed by atoms with Crippen molar-refractivity contribution in [1.29, 1.82) is 0 Å². The van der Waals surface area contributed by atoms with E-state index in [9.17, 15) is 8.42 Å². The van der Waals surface area contributed by atoms with E-state index in [2.05, 4.69) is 15.5 Å². The van der Waals surface area contributed by atoms with Crippen LogP contribution in [0.5, 0.6) is 0 Å². The third-order valence-electron chi connectivity index (χ3n) is 1.72. The van der Waals surface area contributed by atoms with Crippen molar-refractivity contribution in [1.82, 2.24) is 15.5 Å². The molecule has 0 atom stereocenters. The number of nitrogens with one attached hydrogen (secondary N) is 1. The van der Waals surface area contributed by atoms with Gasteiger partial charge in [0.25, 0.3) is 0 Å². The average Bonchev–Trinajstić information content (AvgIpc) is 2.50. The Hall–Kier alpha value is -0.950. The Labute approximate surface area is 89.0 Å². The van der Waals surface area contributed by atoms with E-state index >= 15 is 0 Å². The molecule has 0 saturated heterocycles. The fourth-order valence-electron chi connectivity index (χ4n) is 1.10. The van der Waals surface area contributed by atoms with Crippen LogP contribution in [0.3, 0.4) is 0 Å². The van der Waals surface area contributed by atoms with E-state index < -0.39 is 9.84 Å². The molecule has 6 nitrogen and oxygen atoms in total. The highest BCUT2D eigenvalue weighted by atomic mass is 32.2. The maximum absolute atomic E-state index is 10.9. The van der Waals surface area contributed by atoms with Crippen LogP contribution in [0.4, 0.5) is 0 Å². The highest BCUT2D eigenvalue weighted by Crippen LogP contribution is 2.03. The molecule has 0 aliphatic carbocycles. The molecule has 0 unspecified atom stereocenters. The monoisotopic (exact) mass is 233 g/mol. The molecular formula is C8H15N3O3S. The fourth-order valence-corrected chi connectivity index (χ4v) is 1.69. The summed E-state index contributed by atoms with van der Waals surface area (Å²) in [5, 5.41) is 6.59. The van der Waals surface area contributed by atoms with Gasteiger partial charge in [0.1, 0.15) is 5.75 Å². The number of nitrogens with zero attached hydrogens (tertiary/aromatic N) is 2. The molecule has 86 valence electrons. The zero-order valence-electron chi connectivity index (χ0n) is 8.86. The second-order valence-corrected chi connectivity index (χ2v) is 5.52. The molecular weight excluding hydrogens is 218 g/mol. The maximum atomic E-state index is 10.9. The average molecular weight is 233 g/mol. The standard InChI is InChI=1S/C8H15N3O3S/c1-9-5-3-4-8-10-7(11-14-8)6-15(2,12)13/h9H,3-6H2,1-2H3. The van der Waals surface area contributed by atoms with Gasteiger partial charge >= 0.3 is 0 Å². The zero-order chi connectivity index (χ0) is 11.3. The van der Waals surface area contributed by atoms with Crippen LogP contribution in [0.15, 0.2) is 4.52 Å². The largest absolute Gasteiger partial charge is 0.339 e. The summed E-state index contributed by atoms with van der Waals surface area (Å²) < 4.78 is 26.8. The summed E-state index contributed by atoms with van der Waals surface area (Å²) in [5.74, 6) is 0.559. The molecule has 1 heterocycles. The van der Waals surface area contributed by atoms with Gasteiger partial charge in [-0.15, -0.1) is 0 Å². The fraction of sp³-hybridized carbons (Fsp3) is 0.750. The minimum atomic E-state index is -3.09. The molecule has 0 saturated carbocycles. The van der Waals surface area contributed by atoms with Crippen molar-refractivity contribution < 1.29 is 12.9 Å². The predicted molar refractivity (Wildman–Crippen MR) is 55.1 cm³/mol. The number of aryl methyl sites for hydroxylation is 1. The number of hydrogen-bond acceptors (Lipinski definition) is 6. The van der Waals surface area contributed by atoms with Crippen LogP contribution >= 0.6 is 0 Å². The topological polar surface area (TPSA) is 85.1 Å². The quantitative estimate of drug-likeness (QED) is 0.683. The van der Waals surface area contributed by atoms with Crippen LogP contribution in [-0.2, 0) is 22.0 Å². The second kappa shape index (κ2) is 5.22. The van der Waals surface area contributed by atoms with Crippen molar-refractivity contribution in [3.05, 3.63) is 11.7 Å². The second-order valence-electron chi connectivity index (χ2n) is 3.38. The Kier molecular flexibility index (Phi) is 4.22. The summed E-state index contributed by atoms with van der Waals surface area (Å²) in [6.45, 7) is 0.865. The van der Waals surface area contributed by atoms with Gasteiger partial charge in [0, 0.05) is 12.7 Å². The highest BCUT2D eigenvalue weighted by molar-refractivity contribution is 7.89. The van der Waals surface area contributed by atoms with Crippen molar-refractivity contribution in [2.45, 2.75) is 18.6 Å². The lowest BCUT2D eigenvalue weighted by molar-refractivity contribution is 0.371. The first-order valence-corrected chi connectivity index (χ1v) is 6.71. The lowest BCUT2D eigenvalue weighted by Gasteiger charge is -1.93. The van der Waals surface area contributed by atoms with E-state index in [0.29, 0.717) is 12.3 Å². The van der Waals surface area contributed by atoms with Crippen molar-refractivity contribution in [3.8, 4) is 0 Å². The molecule has 0 amide bonds. The first-order valence-electron chi connectivity index (χ1n) is 4.65. The SMILES string of the molecule is CNCCCc1nc(CS(C)(=O)=O)no1. The first kappa shape index (κ1) is 12.1. The van der Waals surface area contributed by atoms with Crippen molar-refractivity contribution >= 4 is 9.84 Å². The van der Waals surface area contributed by atoms with Gasteiger partial charge in [-0.25, -0.2) is 8.42 Å². The first-order chi connectivity index (χ1) is 7.01. The lowest BCUT2D eigenvalue weighted by atomic mass is 10.3. The predicted octanol–water partition coefficient (Wildman–Crippen LogP) is -0.234. The van der Waals surface area contributed by atoms with E-state index in [4.69, 9.17) is 4.52 Å². The molecule has 15 heavy (non-hydrogen) atoms. The van der Waals surface area contributed by atoms with Gasteiger partial charge in [-0.3, -0.25) is 0 Å². The molecule has 0 spiro atoms. The van der Waals surface area contributed by atoms with Gasteiger partial charge in [0.2, 0.25) is 5.89 Å². The summed E-state index contributed by atoms with van der Waals surface area (Å²) in [4.78, 5) is 3.98. The molecule has 0 aliphatic heterocycles. The van der Waals surface area contributed by atoms with Crippen LogP contribution in [0.2, 0.25) is 0 Å². The minimum Gasteiger partial charge on any atom is -0.339 e. The molecule has 0 aliphatic rings. The van der Waals surface area contributed by atoms with Crippen LogP contribution in [0, 0.1) is 0 Å².